The number of nitrogen functional groups attached to an aromatic ring is 1. The van der Waals surface area contributed by atoms with E-state index in [1.54, 1.807) is 6.07 Å². The molecule has 0 atom stereocenters. The number of rotatable bonds is 7. The van der Waals surface area contributed by atoms with E-state index in [-0.39, 0.29) is 6.10 Å². The van der Waals surface area contributed by atoms with Gasteiger partial charge >= 0.3 is 0 Å². The molecular weight excluding hydrogens is 266 g/mol. The highest BCUT2D eigenvalue weighted by molar-refractivity contribution is 5.60. The van der Waals surface area contributed by atoms with Crippen LogP contribution in [0.4, 0.5) is 11.6 Å². The van der Waals surface area contributed by atoms with Crippen molar-refractivity contribution in [3.8, 4) is 11.4 Å². The molecule has 1 aromatic carbocycles. The molecular formula is C15H21N5O. The van der Waals surface area contributed by atoms with Crippen LogP contribution < -0.4 is 16.6 Å². The second-order valence-corrected chi connectivity index (χ2v) is 4.82. The zero-order valence-corrected chi connectivity index (χ0v) is 12.3. The van der Waals surface area contributed by atoms with Crippen LogP contribution in [0.1, 0.15) is 13.8 Å². The molecule has 6 heteroatoms. The van der Waals surface area contributed by atoms with Crippen LogP contribution in [0.2, 0.25) is 0 Å². The third-order valence-corrected chi connectivity index (χ3v) is 2.77. The van der Waals surface area contributed by atoms with E-state index >= 15 is 0 Å². The van der Waals surface area contributed by atoms with Crippen molar-refractivity contribution in [1.82, 2.24) is 9.97 Å². The lowest BCUT2D eigenvalue weighted by Gasteiger charge is -2.11. The van der Waals surface area contributed by atoms with Crippen molar-refractivity contribution in [2.75, 3.05) is 23.9 Å². The maximum atomic E-state index is 5.49. The van der Waals surface area contributed by atoms with Gasteiger partial charge in [-0.15, -0.1) is 0 Å². The van der Waals surface area contributed by atoms with Gasteiger partial charge in [-0.1, -0.05) is 30.3 Å². The first-order valence-corrected chi connectivity index (χ1v) is 6.95. The second kappa shape index (κ2) is 7.56. The highest BCUT2D eigenvalue weighted by Crippen LogP contribution is 2.19. The van der Waals surface area contributed by atoms with E-state index in [0.29, 0.717) is 30.6 Å². The SMILES string of the molecule is CC(C)OCCNc1cc(NN)nc(-c2ccccc2)n1. The first kappa shape index (κ1) is 15.2. The molecule has 1 aromatic heterocycles. The van der Waals surface area contributed by atoms with Gasteiger partial charge in [0.2, 0.25) is 0 Å². The molecule has 6 nitrogen and oxygen atoms in total. The van der Waals surface area contributed by atoms with Crippen molar-refractivity contribution in [2.24, 2.45) is 5.84 Å². The van der Waals surface area contributed by atoms with Gasteiger partial charge in [0.05, 0.1) is 12.7 Å². The summed E-state index contributed by atoms with van der Waals surface area (Å²) in [6.07, 6.45) is 0.221. The Kier molecular flexibility index (Phi) is 5.48. The van der Waals surface area contributed by atoms with E-state index in [2.05, 4.69) is 20.7 Å². The quantitative estimate of drug-likeness (QED) is 0.411. The van der Waals surface area contributed by atoms with E-state index in [9.17, 15) is 0 Å². The molecule has 0 radical (unpaired) electrons. The summed E-state index contributed by atoms with van der Waals surface area (Å²) in [6.45, 7) is 5.31. The molecule has 0 saturated heterocycles. The highest BCUT2D eigenvalue weighted by atomic mass is 16.5. The zero-order chi connectivity index (χ0) is 15.1. The Morgan fingerprint density at radius 2 is 1.86 bits per heavy atom. The van der Waals surface area contributed by atoms with Crippen LogP contribution in [-0.2, 0) is 4.74 Å². The van der Waals surface area contributed by atoms with Gasteiger partial charge in [-0.3, -0.25) is 0 Å². The molecule has 0 fully saturated rings. The largest absolute Gasteiger partial charge is 0.377 e. The van der Waals surface area contributed by atoms with Gasteiger partial charge in [-0.05, 0) is 13.8 Å². The molecule has 112 valence electrons. The van der Waals surface area contributed by atoms with Crippen LogP contribution in [0.5, 0.6) is 0 Å². The number of benzene rings is 1. The van der Waals surface area contributed by atoms with Crippen LogP contribution in [0.15, 0.2) is 36.4 Å². The fraction of sp³-hybridized carbons (Fsp3) is 0.333. The topological polar surface area (TPSA) is 85.1 Å². The molecule has 2 rings (SSSR count). The normalized spacial score (nSPS) is 10.7. The molecule has 0 aliphatic rings. The summed E-state index contributed by atoms with van der Waals surface area (Å²) in [7, 11) is 0. The van der Waals surface area contributed by atoms with Gasteiger partial charge in [0.1, 0.15) is 11.6 Å². The fourth-order valence-electron chi connectivity index (χ4n) is 1.80. The van der Waals surface area contributed by atoms with Gasteiger partial charge < -0.3 is 15.5 Å². The van der Waals surface area contributed by atoms with Gasteiger partial charge in [0, 0.05) is 18.2 Å². The molecule has 0 unspecified atom stereocenters. The average molecular weight is 287 g/mol. The minimum atomic E-state index is 0.221. The Labute approximate surface area is 124 Å². The summed E-state index contributed by atoms with van der Waals surface area (Å²) in [6, 6.07) is 11.5. The number of nitrogens with zero attached hydrogens (tertiary/aromatic N) is 2. The third-order valence-electron chi connectivity index (χ3n) is 2.77. The number of aromatic nitrogens is 2. The molecule has 21 heavy (non-hydrogen) atoms. The summed E-state index contributed by atoms with van der Waals surface area (Å²) in [4.78, 5) is 8.86. The van der Waals surface area contributed by atoms with Gasteiger partial charge in [0.15, 0.2) is 5.82 Å². The lowest BCUT2D eigenvalue weighted by molar-refractivity contribution is 0.0870. The number of anilines is 2. The Balaban J connectivity index is 2.11. The van der Waals surface area contributed by atoms with Gasteiger partial charge in [-0.25, -0.2) is 15.8 Å². The first-order chi connectivity index (χ1) is 10.2. The van der Waals surface area contributed by atoms with E-state index in [1.165, 1.54) is 0 Å². The van der Waals surface area contributed by atoms with Crippen molar-refractivity contribution in [3.05, 3.63) is 36.4 Å². The maximum Gasteiger partial charge on any atom is 0.163 e. The minimum Gasteiger partial charge on any atom is -0.377 e. The fourth-order valence-corrected chi connectivity index (χ4v) is 1.80. The molecule has 0 spiro atoms. The summed E-state index contributed by atoms with van der Waals surface area (Å²) in [5.41, 5.74) is 3.50. The maximum absolute atomic E-state index is 5.49. The Morgan fingerprint density at radius 1 is 1.14 bits per heavy atom. The van der Waals surface area contributed by atoms with Crippen molar-refractivity contribution < 1.29 is 4.74 Å². The van der Waals surface area contributed by atoms with E-state index < -0.39 is 0 Å². The molecule has 0 aliphatic heterocycles. The molecule has 0 saturated carbocycles. The molecule has 2 aromatic rings. The summed E-state index contributed by atoms with van der Waals surface area (Å²) >= 11 is 0. The number of nitrogens with one attached hydrogen (secondary N) is 2. The van der Waals surface area contributed by atoms with Crippen molar-refractivity contribution in [1.29, 1.82) is 0 Å². The number of hydrogen-bond acceptors (Lipinski definition) is 6. The van der Waals surface area contributed by atoms with Gasteiger partial charge in [-0.2, -0.15) is 0 Å². The number of ether oxygens (including phenoxy) is 1. The Bertz CT molecular complexity index is 559. The van der Waals surface area contributed by atoms with E-state index in [4.69, 9.17) is 10.6 Å². The lowest BCUT2D eigenvalue weighted by atomic mass is 10.2. The minimum absolute atomic E-state index is 0.221. The summed E-state index contributed by atoms with van der Waals surface area (Å²) in [5.74, 6) is 7.37. The van der Waals surface area contributed by atoms with Crippen molar-refractivity contribution in [3.63, 3.8) is 0 Å². The summed E-state index contributed by atoms with van der Waals surface area (Å²) in [5, 5.41) is 3.21. The molecule has 0 amide bonds. The first-order valence-electron chi connectivity index (χ1n) is 6.95. The predicted octanol–water partition coefficient (Wildman–Crippen LogP) is 2.27. The van der Waals surface area contributed by atoms with Crippen molar-refractivity contribution in [2.45, 2.75) is 20.0 Å². The number of hydrogen-bond donors (Lipinski definition) is 3. The summed E-state index contributed by atoms with van der Waals surface area (Å²) < 4.78 is 5.49. The second-order valence-electron chi connectivity index (χ2n) is 4.82. The smallest absolute Gasteiger partial charge is 0.163 e. The Hall–Kier alpha value is -2.18. The highest BCUT2D eigenvalue weighted by Gasteiger charge is 2.06. The van der Waals surface area contributed by atoms with Crippen LogP contribution in [0.25, 0.3) is 11.4 Å². The average Bonchev–Trinajstić information content (AvgIpc) is 2.52. The number of hydrazine groups is 1. The third kappa shape index (κ3) is 4.70. The van der Waals surface area contributed by atoms with Crippen LogP contribution in [-0.4, -0.2) is 29.2 Å². The van der Waals surface area contributed by atoms with Crippen LogP contribution in [0, 0.1) is 0 Å². The van der Waals surface area contributed by atoms with Crippen LogP contribution >= 0.6 is 0 Å². The van der Waals surface area contributed by atoms with E-state index in [1.807, 2.05) is 44.2 Å². The zero-order valence-electron chi connectivity index (χ0n) is 12.3. The molecule has 1 heterocycles. The lowest BCUT2D eigenvalue weighted by Crippen LogP contribution is -2.15. The number of nitrogens with two attached hydrogens (primary N) is 1. The monoisotopic (exact) mass is 287 g/mol. The van der Waals surface area contributed by atoms with Crippen LogP contribution in [0.3, 0.4) is 0 Å². The Morgan fingerprint density at radius 3 is 2.52 bits per heavy atom. The van der Waals surface area contributed by atoms with Gasteiger partial charge in [0.25, 0.3) is 0 Å². The predicted molar refractivity (Wildman–Crippen MR) is 84.9 cm³/mol. The van der Waals surface area contributed by atoms with E-state index in [0.717, 1.165) is 5.56 Å². The van der Waals surface area contributed by atoms with Crippen molar-refractivity contribution >= 4 is 11.6 Å². The molecule has 0 aliphatic carbocycles. The molecule has 4 N–H and O–H groups in total. The molecule has 0 bridgehead atoms. The standard InChI is InChI=1S/C15H21N5O/c1-11(2)21-9-8-17-13-10-14(20-16)19-15(18-13)12-6-4-3-5-7-12/h3-7,10-11H,8-9,16H2,1-2H3,(H2,17,18,19,20).